The van der Waals surface area contributed by atoms with E-state index in [0.29, 0.717) is 32.7 Å². The highest BCUT2D eigenvalue weighted by molar-refractivity contribution is 14.0. The number of guanidine groups is 1. The van der Waals surface area contributed by atoms with Crippen molar-refractivity contribution >= 4 is 40.0 Å². The molecule has 2 heterocycles. The summed E-state index contributed by atoms with van der Waals surface area (Å²) in [6.07, 6.45) is 1.81. The van der Waals surface area contributed by atoms with Gasteiger partial charge in [-0.15, -0.1) is 24.0 Å². The summed E-state index contributed by atoms with van der Waals surface area (Å²) in [5.74, 6) is 0.789. The van der Waals surface area contributed by atoms with Crippen LogP contribution in [0.15, 0.2) is 23.3 Å². The van der Waals surface area contributed by atoms with Crippen molar-refractivity contribution in [3.8, 4) is 0 Å². The van der Waals surface area contributed by atoms with E-state index < -0.39 is 10.0 Å². The molecule has 160 valence electrons. The van der Waals surface area contributed by atoms with E-state index in [2.05, 4.69) is 20.2 Å². The quantitative estimate of drug-likeness (QED) is 0.330. The molecule has 0 bridgehead atoms. The van der Waals surface area contributed by atoms with Gasteiger partial charge < -0.3 is 15.0 Å². The van der Waals surface area contributed by atoms with Gasteiger partial charge in [-0.25, -0.2) is 8.42 Å². The first kappa shape index (κ1) is 25.1. The summed E-state index contributed by atoms with van der Waals surface area (Å²) >= 11 is 0. The maximum Gasteiger partial charge on any atom is 0.216 e. The van der Waals surface area contributed by atoms with Crippen LogP contribution in [0.5, 0.6) is 0 Å². The van der Waals surface area contributed by atoms with E-state index in [1.54, 1.807) is 17.5 Å². The summed E-state index contributed by atoms with van der Waals surface area (Å²) < 4.78 is 31.8. The van der Waals surface area contributed by atoms with Crippen molar-refractivity contribution in [2.75, 3.05) is 45.6 Å². The van der Waals surface area contributed by atoms with E-state index in [1.165, 1.54) is 0 Å². The molecule has 0 radical (unpaired) electrons. The molecular weight excluding hydrogens is 493 g/mol. The molecule has 1 aromatic rings. The molecule has 1 saturated heterocycles. The molecule has 0 spiro atoms. The Kier molecular flexibility index (Phi) is 10.6. The minimum atomic E-state index is -3.28. The molecule has 10 heteroatoms. The van der Waals surface area contributed by atoms with Crippen LogP contribution in [-0.4, -0.2) is 80.3 Å². The summed E-state index contributed by atoms with van der Waals surface area (Å²) in [5.41, 5.74) is 2.10. The molecule has 2 rings (SSSR count). The molecule has 1 fully saturated rings. The second kappa shape index (κ2) is 11.9. The lowest BCUT2D eigenvalue weighted by Gasteiger charge is -2.35. The average Bonchev–Trinajstić information content (AvgIpc) is 2.63. The number of aryl methyl sites for hydroxylation is 1. The second-order valence-corrected chi connectivity index (χ2v) is 8.88. The maximum absolute atomic E-state index is 12.4. The maximum atomic E-state index is 12.4. The van der Waals surface area contributed by atoms with Gasteiger partial charge >= 0.3 is 0 Å². The summed E-state index contributed by atoms with van der Waals surface area (Å²) in [5, 5.41) is 3.32. The molecule has 1 aromatic heterocycles. The van der Waals surface area contributed by atoms with Crippen molar-refractivity contribution in [1.82, 2.24) is 19.5 Å². The lowest BCUT2D eigenvalue weighted by molar-refractivity contribution is 0.0904. The smallest absolute Gasteiger partial charge is 0.216 e. The molecule has 0 aliphatic carbocycles. The van der Waals surface area contributed by atoms with Crippen LogP contribution in [-0.2, 0) is 21.3 Å². The number of ether oxygens (including phenoxy) is 1. The summed E-state index contributed by atoms with van der Waals surface area (Å²) in [6, 6.07) is 3.94. The Labute approximate surface area is 185 Å². The van der Waals surface area contributed by atoms with E-state index in [-0.39, 0.29) is 42.4 Å². The summed E-state index contributed by atoms with van der Waals surface area (Å²) in [7, 11) is -1.55. The van der Waals surface area contributed by atoms with Gasteiger partial charge in [0.05, 0.1) is 30.7 Å². The van der Waals surface area contributed by atoms with E-state index in [0.717, 1.165) is 17.2 Å². The lowest BCUT2D eigenvalue weighted by atomic mass is 10.2. The first-order valence-electron chi connectivity index (χ1n) is 9.29. The Hall–Kier alpha value is -0.980. The SMILES string of the molecule is CN=C(NCc1ncccc1C)N1CCN(S(=O)(=O)CCOC(C)C)CC1.I. The van der Waals surface area contributed by atoms with Crippen LogP contribution in [0.3, 0.4) is 0 Å². The molecule has 1 aliphatic rings. The third kappa shape index (κ3) is 7.45. The van der Waals surface area contributed by atoms with Gasteiger partial charge in [0.1, 0.15) is 0 Å². The van der Waals surface area contributed by atoms with Crippen LogP contribution in [0.2, 0.25) is 0 Å². The van der Waals surface area contributed by atoms with Gasteiger partial charge in [-0.05, 0) is 32.4 Å². The number of aliphatic imine (C=N–C) groups is 1. The van der Waals surface area contributed by atoms with Crippen LogP contribution in [0.25, 0.3) is 0 Å². The van der Waals surface area contributed by atoms with Crippen molar-refractivity contribution in [2.45, 2.75) is 33.4 Å². The number of halogens is 1. The zero-order chi connectivity index (χ0) is 19.9. The molecule has 8 nitrogen and oxygen atoms in total. The molecule has 0 aromatic carbocycles. The van der Waals surface area contributed by atoms with E-state index in [1.807, 2.05) is 32.9 Å². The first-order chi connectivity index (χ1) is 12.8. The second-order valence-electron chi connectivity index (χ2n) is 6.79. The summed E-state index contributed by atoms with van der Waals surface area (Å²) in [4.78, 5) is 10.8. The van der Waals surface area contributed by atoms with Crippen LogP contribution in [0, 0.1) is 6.92 Å². The van der Waals surface area contributed by atoms with Crippen LogP contribution >= 0.6 is 24.0 Å². The van der Waals surface area contributed by atoms with Gasteiger partial charge in [0, 0.05) is 39.4 Å². The van der Waals surface area contributed by atoms with Crippen LogP contribution in [0.4, 0.5) is 0 Å². The fourth-order valence-corrected chi connectivity index (χ4v) is 4.18. The number of hydrogen-bond donors (Lipinski definition) is 1. The molecule has 0 atom stereocenters. The highest BCUT2D eigenvalue weighted by Crippen LogP contribution is 2.09. The van der Waals surface area contributed by atoms with Crippen molar-refractivity contribution in [2.24, 2.45) is 4.99 Å². The Morgan fingerprint density at radius 1 is 1.32 bits per heavy atom. The third-order valence-electron chi connectivity index (χ3n) is 4.47. The fraction of sp³-hybridized carbons (Fsp3) is 0.667. The third-order valence-corrected chi connectivity index (χ3v) is 6.30. The van der Waals surface area contributed by atoms with Gasteiger partial charge in [0.2, 0.25) is 10.0 Å². The number of aromatic nitrogens is 1. The number of nitrogens with one attached hydrogen (secondary N) is 1. The summed E-state index contributed by atoms with van der Waals surface area (Å²) in [6.45, 7) is 8.75. The first-order valence-corrected chi connectivity index (χ1v) is 10.9. The minimum absolute atomic E-state index is 0. The minimum Gasteiger partial charge on any atom is -0.378 e. The standard InChI is InChI=1S/C18H31N5O3S.HI/c1-15(2)26-12-13-27(24,25)23-10-8-22(9-11-23)18(19-4)21-14-17-16(3)6-5-7-20-17;/h5-7,15H,8-14H2,1-4H3,(H,19,21);1H. The Balaban J connectivity index is 0.00000392. The zero-order valence-corrected chi connectivity index (χ0v) is 20.2. The molecular formula is C18H32IN5O3S. The largest absolute Gasteiger partial charge is 0.378 e. The van der Waals surface area contributed by atoms with Gasteiger partial charge in [0.15, 0.2) is 5.96 Å². The molecule has 0 unspecified atom stereocenters. The van der Waals surface area contributed by atoms with Crippen molar-refractivity contribution in [1.29, 1.82) is 0 Å². The van der Waals surface area contributed by atoms with Gasteiger partial charge in [0.25, 0.3) is 0 Å². The number of nitrogens with zero attached hydrogens (tertiary/aromatic N) is 4. The van der Waals surface area contributed by atoms with Gasteiger partial charge in [-0.1, -0.05) is 6.07 Å². The Bertz CT molecular complexity index is 734. The Morgan fingerprint density at radius 2 is 2.00 bits per heavy atom. The number of piperazine rings is 1. The van der Waals surface area contributed by atoms with E-state index in [9.17, 15) is 8.42 Å². The predicted octanol–water partition coefficient (Wildman–Crippen LogP) is 1.46. The number of pyridine rings is 1. The van der Waals surface area contributed by atoms with Crippen molar-refractivity contribution < 1.29 is 13.2 Å². The van der Waals surface area contributed by atoms with E-state index >= 15 is 0 Å². The lowest BCUT2D eigenvalue weighted by Crippen LogP contribution is -2.54. The molecule has 1 N–H and O–H groups in total. The van der Waals surface area contributed by atoms with Gasteiger partial charge in [-0.3, -0.25) is 9.98 Å². The highest BCUT2D eigenvalue weighted by atomic mass is 127. The van der Waals surface area contributed by atoms with Crippen LogP contribution < -0.4 is 5.32 Å². The van der Waals surface area contributed by atoms with Crippen LogP contribution in [0.1, 0.15) is 25.1 Å². The number of hydrogen-bond acceptors (Lipinski definition) is 5. The normalized spacial score (nSPS) is 16.2. The molecule has 1 aliphatic heterocycles. The molecule has 0 saturated carbocycles. The Morgan fingerprint density at radius 3 is 2.57 bits per heavy atom. The average molecular weight is 525 g/mol. The predicted molar refractivity (Wildman–Crippen MR) is 123 cm³/mol. The fourth-order valence-electron chi connectivity index (χ4n) is 2.89. The molecule has 28 heavy (non-hydrogen) atoms. The van der Waals surface area contributed by atoms with Crippen molar-refractivity contribution in [3.05, 3.63) is 29.6 Å². The molecule has 0 amide bonds. The van der Waals surface area contributed by atoms with Crippen molar-refractivity contribution in [3.63, 3.8) is 0 Å². The zero-order valence-electron chi connectivity index (χ0n) is 17.1. The monoisotopic (exact) mass is 525 g/mol. The number of rotatable bonds is 7. The number of sulfonamides is 1. The topological polar surface area (TPSA) is 87.1 Å². The van der Waals surface area contributed by atoms with E-state index in [4.69, 9.17) is 4.74 Å². The highest BCUT2D eigenvalue weighted by Gasteiger charge is 2.28. The van der Waals surface area contributed by atoms with Gasteiger partial charge in [-0.2, -0.15) is 4.31 Å².